The number of aliphatic hydroxyl groups is 1. The third-order valence-electron chi connectivity index (χ3n) is 3.44. The maximum Gasteiger partial charge on any atom is 0.251 e. The van der Waals surface area contributed by atoms with E-state index in [0.29, 0.717) is 11.5 Å². The molecule has 0 aliphatic rings. The first-order chi connectivity index (χ1) is 9.51. The van der Waals surface area contributed by atoms with Crippen molar-refractivity contribution < 1.29 is 9.90 Å². The van der Waals surface area contributed by atoms with Crippen LogP contribution in [0.3, 0.4) is 0 Å². The molecule has 1 atom stereocenters. The standard InChI is InChI=1S/C17H23NO2/c1-5-16(12(2)3)18-17(20)15-10-6-8-14(13(15)4)9-7-11-19/h6,8,10,12,16,19H,5,11H2,1-4H3,(H,18,20). The number of amides is 1. The van der Waals surface area contributed by atoms with Crippen molar-refractivity contribution in [1.29, 1.82) is 0 Å². The van der Waals surface area contributed by atoms with E-state index >= 15 is 0 Å². The minimum absolute atomic E-state index is 0.0595. The van der Waals surface area contributed by atoms with Crippen molar-refractivity contribution >= 4 is 5.91 Å². The van der Waals surface area contributed by atoms with Gasteiger partial charge in [0, 0.05) is 17.2 Å². The van der Waals surface area contributed by atoms with Crippen LogP contribution in [0.15, 0.2) is 18.2 Å². The zero-order valence-electron chi connectivity index (χ0n) is 12.7. The second kappa shape index (κ2) is 7.72. The lowest BCUT2D eigenvalue weighted by Crippen LogP contribution is -2.38. The molecule has 108 valence electrons. The summed E-state index contributed by atoms with van der Waals surface area (Å²) in [5.41, 5.74) is 2.28. The lowest BCUT2D eigenvalue weighted by molar-refractivity contribution is 0.0924. The number of nitrogens with one attached hydrogen (secondary N) is 1. The van der Waals surface area contributed by atoms with Crippen molar-refractivity contribution in [3.8, 4) is 11.8 Å². The Morgan fingerprint density at radius 3 is 2.65 bits per heavy atom. The largest absolute Gasteiger partial charge is 0.384 e. The van der Waals surface area contributed by atoms with Gasteiger partial charge in [0.2, 0.25) is 0 Å². The summed E-state index contributed by atoms with van der Waals surface area (Å²) in [6.07, 6.45) is 0.909. The summed E-state index contributed by atoms with van der Waals surface area (Å²) in [5, 5.41) is 11.8. The molecule has 3 heteroatoms. The maximum absolute atomic E-state index is 12.4. The summed E-state index contributed by atoms with van der Waals surface area (Å²) in [7, 11) is 0. The fraction of sp³-hybridized carbons (Fsp3) is 0.471. The number of hydrogen-bond donors (Lipinski definition) is 2. The van der Waals surface area contributed by atoms with Gasteiger partial charge in [-0.1, -0.05) is 38.7 Å². The van der Waals surface area contributed by atoms with Crippen molar-refractivity contribution in [1.82, 2.24) is 5.32 Å². The summed E-state index contributed by atoms with van der Waals surface area (Å²) < 4.78 is 0. The summed E-state index contributed by atoms with van der Waals surface area (Å²) in [4.78, 5) is 12.4. The fourth-order valence-electron chi connectivity index (χ4n) is 2.14. The van der Waals surface area contributed by atoms with Crippen LogP contribution in [0.4, 0.5) is 0 Å². The molecule has 0 heterocycles. The Hall–Kier alpha value is -1.79. The maximum atomic E-state index is 12.4. The molecule has 0 aromatic heterocycles. The van der Waals surface area contributed by atoms with E-state index in [0.717, 1.165) is 17.5 Å². The van der Waals surface area contributed by atoms with E-state index in [9.17, 15) is 4.79 Å². The van der Waals surface area contributed by atoms with Crippen LogP contribution in [0, 0.1) is 24.7 Å². The molecule has 2 N–H and O–H groups in total. The second-order valence-electron chi connectivity index (χ2n) is 5.17. The Bertz CT molecular complexity index is 524. The average Bonchev–Trinajstić information content (AvgIpc) is 2.43. The highest BCUT2D eigenvalue weighted by Crippen LogP contribution is 2.14. The van der Waals surface area contributed by atoms with Gasteiger partial charge in [-0.25, -0.2) is 0 Å². The van der Waals surface area contributed by atoms with Crippen molar-refractivity contribution in [3.05, 3.63) is 34.9 Å². The zero-order chi connectivity index (χ0) is 15.1. The molecular weight excluding hydrogens is 250 g/mol. The number of hydrogen-bond acceptors (Lipinski definition) is 2. The van der Waals surface area contributed by atoms with Crippen LogP contribution in [0.1, 0.15) is 48.7 Å². The third kappa shape index (κ3) is 4.11. The smallest absolute Gasteiger partial charge is 0.251 e. The van der Waals surface area contributed by atoms with Crippen LogP contribution in [0.2, 0.25) is 0 Å². The topological polar surface area (TPSA) is 49.3 Å². The van der Waals surface area contributed by atoms with E-state index in [1.54, 1.807) is 0 Å². The van der Waals surface area contributed by atoms with Gasteiger partial charge in [-0.15, -0.1) is 0 Å². The van der Waals surface area contributed by atoms with Gasteiger partial charge in [0.15, 0.2) is 0 Å². The highest BCUT2D eigenvalue weighted by atomic mass is 16.2. The Morgan fingerprint density at radius 2 is 2.10 bits per heavy atom. The quantitative estimate of drug-likeness (QED) is 0.828. The molecule has 0 aliphatic carbocycles. The van der Waals surface area contributed by atoms with Crippen molar-refractivity contribution in [2.45, 2.75) is 40.2 Å². The SMILES string of the molecule is CCC(NC(=O)c1cccc(C#CCO)c1C)C(C)C. The van der Waals surface area contributed by atoms with Crippen LogP contribution in [-0.4, -0.2) is 23.7 Å². The van der Waals surface area contributed by atoms with E-state index in [2.05, 4.69) is 37.9 Å². The monoisotopic (exact) mass is 273 g/mol. The molecule has 3 nitrogen and oxygen atoms in total. The summed E-state index contributed by atoms with van der Waals surface area (Å²) in [5.74, 6) is 5.83. The molecule has 0 fully saturated rings. The van der Waals surface area contributed by atoms with Crippen LogP contribution in [0.5, 0.6) is 0 Å². The molecule has 0 bridgehead atoms. The van der Waals surface area contributed by atoms with E-state index < -0.39 is 0 Å². The Balaban J connectivity index is 2.99. The number of rotatable bonds is 4. The summed E-state index contributed by atoms with van der Waals surface area (Å²) in [6.45, 7) is 7.98. The number of aliphatic hydroxyl groups excluding tert-OH is 1. The predicted octanol–water partition coefficient (Wildman–Crippen LogP) is 2.50. The number of carbonyl (C=O) groups is 1. The molecule has 1 aromatic rings. The highest BCUT2D eigenvalue weighted by Gasteiger charge is 2.17. The van der Waals surface area contributed by atoms with Crippen LogP contribution >= 0.6 is 0 Å². The normalized spacial score (nSPS) is 11.7. The van der Waals surface area contributed by atoms with Gasteiger partial charge in [0.25, 0.3) is 5.91 Å². The fourth-order valence-corrected chi connectivity index (χ4v) is 2.14. The Kier molecular flexibility index (Phi) is 6.27. The van der Waals surface area contributed by atoms with E-state index in [-0.39, 0.29) is 18.6 Å². The van der Waals surface area contributed by atoms with Gasteiger partial charge in [-0.05, 0) is 37.0 Å². The predicted molar refractivity (Wildman–Crippen MR) is 81.5 cm³/mol. The molecule has 1 unspecified atom stereocenters. The third-order valence-corrected chi connectivity index (χ3v) is 3.44. The molecule has 0 aliphatic heterocycles. The van der Waals surface area contributed by atoms with Crippen molar-refractivity contribution in [3.63, 3.8) is 0 Å². The van der Waals surface area contributed by atoms with Crippen molar-refractivity contribution in [2.75, 3.05) is 6.61 Å². The first kappa shape index (κ1) is 16.3. The molecule has 20 heavy (non-hydrogen) atoms. The Morgan fingerprint density at radius 1 is 1.40 bits per heavy atom. The van der Waals surface area contributed by atoms with E-state index in [1.807, 2.05) is 25.1 Å². The Labute approximate surface area is 121 Å². The summed E-state index contributed by atoms with van der Waals surface area (Å²) in [6, 6.07) is 5.66. The van der Waals surface area contributed by atoms with Gasteiger partial charge in [0.1, 0.15) is 6.61 Å². The molecular formula is C17H23NO2. The van der Waals surface area contributed by atoms with Crippen LogP contribution < -0.4 is 5.32 Å². The van der Waals surface area contributed by atoms with Gasteiger partial charge >= 0.3 is 0 Å². The number of benzene rings is 1. The van der Waals surface area contributed by atoms with E-state index in [1.165, 1.54) is 0 Å². The van der Waals surface area contributed by atoms with Gasteiger partial charge in [-0.2, -0.15) is 0 Å². The lowest BCUT2D eigenvalue weighted by Gasteiger charge is -2.21. The lowest BCUT2D eigenvalue weighted by atomic mass is 9.99. The highest BCUT2D eigenvalue weighted by molar-refractivity contribution is 5.96. The van der Waals surface area contributed by atoms with Crippen LogP contribution in [-0.2, 0) is 0 Å². The first-order valence-corrected chi connectivity index (χ1v) is 7.01. The van der Waals surface area contributed by atoms with Gasteiger partial charge in [0.05, 0.1) is 0 Å². The van der Waals surface area contributed by atoms with Gasteiger partial charge < -0.3 is 10.4 Å². The van der Waals surface area contributed by atoms with Crippen molar-refractivity contribution in [2.24, 2.45) is 5.92 Å². The second-order valence-corrected chi connectivity index (χ2v) is 5.17. The summed E-state index contributed by atoms with van der Waals surface area (Å²) >= 11 is 0. The average molecular weight is 273 g/mol. The molecule has 0 spiro atoms. The van der Waals surface area contributed by atoms with Gasteiger partial charge in [-0.3, -0.25) is 4.79 Å². The first-order valence-electron chi connectivity index (χ1n) is 7.01. The van der Waals surface area contributed by atoms with Crippen LogP contribution in [0.25, 0.3) is 0 Å². The molecule has 0 radical (unpaired) electrons. The molecule has 0 saturated carbocycles. The molecule has 0 saturated heterocycles. The molecule has 1 amide bonds. The molecule has 1 rings (SSSR count). The minimum atomic E-state index is -0.179. The zero-order valence-corrected chi connectivity index (χ0v) is 12.7. The minimum Gasteiger partial charge on any atom is -0.384 e. The number of carbonyl (C=O) groups excluding carboxylic acids is 1. The van der Waals surface area contributed by atoms with E-state index in [4.69, 9.17) is 5.11 Å². The molecule has 1 aromatic carbocycles.